The van der Waals surface area contributed by atoms with Crippen LogP contribution in [-0.4, -0.2) is 41.0 Å². The summed E-state index contributed by atoms with van der Waals surface area (Å²) in [5.74, 6) is -0.678. The molecule has 0 atom stereocenters. The molecule has 2 N–H and O–H groups in total. The molecule has 1 aliphatic heterocycles. The van der Waals surface area contributed by atoms with Crippen molar-refractivity contribution in [2.75, 3.05) is 20.3 Å². The van der Waals surface area contributed by atoms with E-state index >= 15 is 4.39 Å². The van der Waals surface area contributed by atoms with Crippen LogP contribution >= 0.6 is 0 Å². The van der Waals surface area contributed by atoms with Crippen molar-refractivity contribution in [3.05, 3.63) is 53.1 Å². The van der Waals surface area contributed by atoms with Crippen molar-refractivity contribution in [1.29, 1.82) is 0 Å². The van der Waals surface area contributed by atoms with Crippen LogP contribution in [0.4, 0.5) is 4.39 Å². The first kappa shape index (κ1) is 21.0. The Morgan fingerprint density at radius 2 is 2.00 bits per heavy atom. The molecule has 3 aromatic rings. The summed E-state index contributed by atoms with van der Waals surface area (Å²) in [5.41, 5.74) is 9.57. The molecule has 0 bridgehead atoms. The van der Waals surface area contributed by atoms with Gasteiger partial charge < -0.3 is 15.2 Å². The number of methoxy groups -OCH3 is 1. The maximum absolute atomic E-state index is 15.5. The number of pyridine rings is 1. The van der Waals surface area contributed by atoms with Crippen LogP contribution in [0.3, 0.4) is 0 Å². The molecule has 8 heteroatoms. The molecule has 0 saturated carbocycles. The van der Waals surface area contributed by atoms with E-state index < -0.39 is 11.7 Å². The van der Waals surface area contributed by atoms with Gasteiger partial charge in [0, 0.05) is 30.0 Å². The molecule has 1 aromatic carbocycles. The molecule has 1 aliphatic rings. The minimum Gasteiger partial charge on any atom is -0.481 e. The molecular formula is C23H25FN4O3. The van der Waals surface area contributed by atoms with Gasteiger partial charge in [0.05, 0.1) is 30.6 Å². The van der Waals surface area contributed by atoms with E-state index in [1.807, 2.05) is 19.9 Å². The highest BCUT2D eigenvalue weighted by Crippen LogP contribution is 2.37. The third kappa shape index (κ3) is 3.90. The highest BCUT2D eigenvalue weighted by molar-refractivity contribution is 5.99. The molecule has 0 aliphatic carbocycles. The molecule has 2 aromatic heterocycles. The van der Waals surface area contributed by atoms with Crippen molar-refractivity contribution >= 4 is 5.91 Å². The van der Waals surface area contributed by atoms with Gasteiger partial charge in [-0.2, -0.15) is 5.10 Å². The quantitative estimate of drug-likeness (QED) is 0.672. The predicted octanol–water partition coefficient (Wildman–Crippen LogP) is 3.83. The zero-order valence-electron chi connectivity index (χ0n) is 17.8. The van der Waals surface area contributed by atoms with Gasteiger partial charge in [-0.1, -0.05) is 6.07 Å². The summed E-state index contributed by atoms with van der Waals surface area (Å²) in [6.45, 7) is 5.00. The first-order chi connectivity index (χ1) is 14.9. The Kier molecular flexibility index (Phi) is 5.73. The summed E-state index contributed by atoms with van der Waals surface area (Å²) < 4.78 is 28.0. The maximum atomic E-state index is 15.5. The van der Waals surface area contributed by atoms with Gasteiger partial charge in [0.1, 0.15) is 5.82 Å². The number of amides is 1. The zero-order chi connectivity index (χ0) is 22.1. The number of halogens is 1. The van der Waals surface area contributed by atoms with Crippen LogP contribution in [0, 0.1) is 19.7 Å². The van der Waals surface area contributed by atoms with E-state index in [-0.39, 0.29) is 17.2 Å². The van der Waals surface area contributed by atoms with Gasteiger partial charge in [-0.3, -0.25) is 9.48 Å². The van der Waals surface area contributed by atoms with Crippen LogP contribution in [0.2, 0.25) is 0 Å². The minimum atomic E-state index is -0.642. The van der Waals surface area contributed by atoms with Crippen molar-refractivity contribution < 1.29 is 18.7 Å². The van der Waals surface area contributed by atoms with Gasteiger partial charge in [-0.15, -0.1) is 0 Å². The number of hydrogen-bond donors (Lipinski definition) is 1. The molecular weight excluding hydrogens is 399 g/mol. The maximum Gasteiger partial charge on any atom is 0.252 e. The van der Waals surface area contributed by atoms with E-state index in [2.05, 4.69) is 10.1 Å². The SMILES string of the molecule is COc1nc(C)cc(C)c1-c1ccc(-c2c(C(N)=O)cnn2C2CCOCC2)c(F)c1. The van der Waals surface area contributed by atoms with Crippen LogP contribution in [0.1, 0.15) is 40.5 Å². The van der Waals surface area contributed by atoms with Gasteiger partial charge >= 0.3 is 0 Å². The number of nitrogens with two attached hydrogens (primary N) is 1. The molecule has 3 heterocycles. The highest BCUT2D eigenvalue weighted by atomic mass is 19.1. The molecule has 0 spiro atoms. The Bertz CT molecular complexity index is 1140. The second kappa shape index (κ2) is 8.47. The monoisotopic (exact) mass is 424 g/mol. The number of ether oxygens (including phenoxy) is 2. The fourth-order valence-electron chi connectivity index (χ4n) is 4.18. The average molecular weight is 424 g/mol. The first-order valence-electron chi connectivity index (χ1n) is 10.2. The molecule has 0 unspecified atom stereocenters. The van der Waals surface area contributed by atoms with E-state index in [0.29, 0.717) is 30.4 Å². The van der Waals surface area contributed by atoms with Crippen molar-refractivity contribution in [2.45, 2.75) is 32.7 Å². The largest absolute Gasteiger partial charge is 0.481 e. The lowest BCUT2D eigenvalue weighted by molar-refractivity contribution is 0.0667. The van der Waals surface area contributed by atoms with Crippen molar-refractivity contribution in [3.63, 3.8) is 0 Å². The number of carbonyl (C=O) groups is 1. The number of primary amides is 1. The van der Waals surface area contributed by atoms with E-state index in [4.69, 9.17) is 15.2 Å². The number of benzene rings is 1. The summed E-state index contributed by atoms with van der Waals surface area (Å²) in [7, 11) is 1.54. The van der Waals surface area contributed by atoms with E-state index in [1.54, 1.807) is 23.9 Å². The number of hydrogen-bond acceptors (Lipinski definition) is 5. The van der Waals surface area contributed by atoms with Crippen molar-refractivity contribution in [2.24, 2.45) is 5.73 Å². The lowest BCUT2D eigenvalue weighted by Crippen LogP contribution is -2.22. The van der Waals surface area contributed by atoms with Crippen molar-refractivity contribution in [1.82, 2.24) is 14.8 Å². The second-order valence-corrected chi connectivity index (χ2v) is 7.72. The van der Waals surface area contributed by atoms with Crippen LogP contribution in [0.15, 0.2) is 30.5 Å². The van der Waals surface area contributed by atoms with Crippen molar-refractivity contribution in [3.8, 4) is 28.3 Å². The van der Waals surface area contributed by atoms with Gasteiger partial charge in [0.2, 0.25) is 5.88 Å². The second-order valence-electron chi connectivity index (χ2n) is 7.72. The Hall–Kier alpha value is -3.26. The van der Waals surface area contributed by atoms with E-state index in [1.165, 1.54) is 12.3 Å². The third-order valence-electron chi connectivity index (χ3n) is 5.62. The van der Waals surface area contributed by atoms with Crippen LogP contribution < -0.4 is 10.5 Å². The molecule has 1 amide bonds. The molecule has 0 radical (unpaired) electrons. The lowest BCUT2D eigenvalue weighted by atomic mass is 9.97. The van der Waals surface area contributed by atoms with Crippen LogP contribution in [0.5, 0.6) is 5.88 Å². The summed E-state index contributed by atoms with van der Waals surface area (Å²) in [6, 6.07) is 6.83. The molecule has 1 saturated heterocycles. The fourth-order valence-corrected chi connectivity index (χ4v) is 4.18. The topological polar surface area (TPSA) is 92.3 Å². The molecule has 7 nitrogen and oxygen atoms in total. The van der Waals surface area contributed by atoms with E-state index in [0.717, 1.165) is 29.7 Å². The number of aryl methyl sites for hydroxylation is 2. The molecule has 162 valence electrons. The molecule has 4 rings (SSSR count). The number of carbonyl (C=O) groups excluding carboxylic acids is 1. The smallest absolute Gasteiger partial charge is 0.252 e. The zero-order valence-corrected chi connectivity index (χ0v) is 17.8. The van der Waals surface area contributed by atoms with Gasteiger partial charge in [0.15, 0.2) is 0 Å². The van der Waals surface area contributed by atoms with Gasteiger partial charge in [-0.25, -0.2) is 9.37 Å². The summed E-state index contributed by atoms with van der Waals surface area (Å²) >= 11 is 0. The van der Waals surface area contributed by atoms with Gasteiger partial charge in [-0.05, 0) is 56.0 Å². The van der Waals surface area contributed by atoms with Crippen LogP contribution in [0.25, 0.3) is 22.4 Å². The lowest BCUT2D eigenvalue weighted by Gasteiger charge is -2.24. The Labute approximate surface area is 180 Å². The average Bonchev–Trinajstić information content (AvgIpc) is 3.19. The fraction of sp³-hybridized carbons (Fsp3) is 0.348. The van der Waals surface area contributed by atoms with Crippen LogP contribution in [-0.2, 0) is 4.74 Å². The summed E-state index contributed by atoms with van der Waals surface area (Å²) in [6.07, 6.45) is 2.88. The first-order valence-corrected chi connectivity index (χ1v) is 10.2. The third-order valence-corrected chi connectivity index (χ3v) is 5.62. The summed E-state index contributed by atoms with van der Waals surface area (Å²) in [4.78, 5) is 16.5. The normalized spacial score (nSPS) is 14.6. The molecule has 31 heavy (non-hydrogen) atoms. The number of aromatic nitrogens is 3. The number of nitrogens with zero attached hydrogens (tertiary/aromatic N) is 3. The summed E-state index contributed by atoms with van der Waals surface area (Å²) in [5, 5.41) is 4.37. The minimum absolute atomic E-state index is 0.0135. The highest BCUT2D eigenvalue weighted by Gasteiger charge is 2.26. The van der Waals surface area contributed by atoms with E-state index in [9.17, 15) is 4.79 Å². The number of rotatable bonds is 5. The standard InChI is InChI=1S/C23H25FN4O3/c1-13-10-14(2)27-23(30-3)20(13)15-4-5-17(19(24)11-15)21-18(22(25)29)12-26-28(21)16-6-8-31-9-7-16/h4-5,10-12,16H,6-9H2,1-3H3,(H2,25,29). The predicted molar refractivity (Wildman–Crippen MR) is 114 cm³/mol. The Balaban J connectivity index is 1.83. The Morgan fingerprint density at radius 1 is 1.26 bits per heavy atom. The van der Waals surface area contributed by atoms with Gasteiger partial charge in [0.25, 0.3) is 5.91 Å². The molecule has 1 fully saturated rings. The Morgan fingerprint density at radius 3 is 2.65 bits per heavy atom.